The molecule has 0 bridgehead atoms. The Labute approximate surface area is 114 Å². The van der Waals surface area contributed by atoms with Gasteiger partial charge in [-0.1, -0.05) is 28.7 Å². The normalized spacial score (nSPS) is 13.4. The van der Waals surface area contributed by atoms with Gasteiger partial charge in [-0.05, 0) is 12.1 Å². The first-order valence-electron chi connectivity index (χ1n) is 4.64. The van der Waals surface area contributed by atoms with Crippen LogP contribution in [0.2, 0.25) is 0 Å². The minimum atomic E-state index is -4.59. The van der Waals surface area contributed by atoms with E-state index in [0.29, 0.717) is 6.07 Å². The van der Waals surface area contributed by atoms with Crippen LogP contribution in [0.25, 0.3) is 0 Å². The zero-order valence-corrected chi connectivity index (χ0v) is 11.0. The number of aliphatic hydroxyl groups excluding tert-OH is 1. The number of halogens is 4. The van der Waals surface area contributed by atoms with Crippen molar-refractivity contribution in [3.05, 3.63) is 34.9 Å². The number of carbonyl (C=O) groups is 1. The molecule has 0 saturated heterocycles. The number of benzene rings is 1. The lowest BCUT2D eigenvalue weighted by Crippen LogP contribution is -2.18. The van der Waals surface area contributed by atoms with Crippen molar-refractivity contribution in [3.63, 3.8) is 0 Å². The van der Waals surface area contributed by atoms with Gasteiger partial charge < -0.3 is 15.6 Å². The number of hydrogen-bond acceptors (Lipinski definition) is 3. The van der Waals surface area contributed by atoms with Crippen LogP contribution in [0.15, 0.2) is 18.2 Å². The van der Waals surface area contributed by atoms with Crippen molar-refractivity contribution in [2.75, 3.05) is 4.61 Å². The molecular formula is C10H9F3INO3. The Kier molecular flexibility index (Phi) is 4.93. The number of hydrogen-bond donors (Lipinski definition) is 2. The fourth-order valence-corrected chi connectivity index (χ4v) is 1.65. The lowest BCUT2D eigenvalue weighted by Gasteiger charge is -2.15. The van der Waals surface area contributed by atoms with E-state index in [0.717, 1.165) is 12.1 Å². The van der Waals surface area contributed by atoms with Gasteiger partial charge in [-0.2, -0.15) is 13.2 Å². The first-order chi connectivity index (χ1) is 8.27. The third-order valence-electron chi connectivity index (χ3n) is 2.13. The van der Waals surface area contributed by atoms with Crippen LogP contribution in [0.5, 0.6) is 0 Å². The number of aliphatic hydroxyl groups is 1. The fraction of sp³-hybridized carbons (Fsp3) is 0.300. The number of nitrogens with two attached hydrogens (primary N) is 1. The van der Waals surface area contributed by atoms with Gasteiger partial charge >= 0.3 is 6.18 Å². The van der Waals surface area contributed by atoms with E-state index in [1.807, 2.05) is 0 Å². The maximum absolute atomic E-state index is 12.5. The van der Waals surface area contributed by atoms with Crippen molar-refractivity contribution in [1.29, 1.82) is 0 Å². The maximum atomic E-state index is 12.5. The van der Waals surface area contributed by atoms with E-state index in [4.69, 9.17) is 10.5 Å². The molecule has 0 heterocycles. The average Bonchev–Trinajstić information content (AvgIpc) is 2.27. The topological polar surface area (TPSA) is 72.6 Å². The summed E-state index contributed by atoms with van der Waals surface area (Å²) < 4.78 is 42.3. The highest BCUT2D eigenvalue weighted by atomic mass is 127. The van der Waals surface area contributed by atoms with Gasteiger partial charge in [-0.25, -0.2) is 0 Å². The molecule has 1 unspecified atom stereocenters. The van der Waals surface area contributed by atoms with Crippen molar-refractivity contribution in [2.45, 2.75) is 12.5 Å². The van der Waals surface area contributed by atoms with Crippen LogP contribution in [-0.4, -0.2) is 15.6 Å². The quantitative estimate of drug-likeness (QED) is 0.482. The number of primary amides is 1. The van der Waals surface area contributed by atoms with Gasteiger partial charge in [-0.15, -0.1) is 0 Å². The Morgan fingerprint density at radius 2 is 2.11 bits per heavy atom. The third-order valence-corrected chi connectivity index (χ3v) is 2.49. The second-order valence-electron chi connectivity index (χ2n) is 3.29. The summed E-state index contributed by atoms with van der Waals surface area (Å²) in [5.41, 5.74) is 3.47. The molecule has 0 aliphatic carbocycles. The molecule has 0 saturated carbocycles. The Morgan fingerprint density at radius 1 is 1.50 bits per heavy atom. The summed E-state index contributed by atoms with van der Waals surface area (Å²) in [5, 5.41) is 9.53. The van der Waals surface area contributed by atoms with Crippen LogP contribution in [0.4, 0.5) is 13.2 Å². The van der Waals surface area contributed by atoms with Gasteiger partial charge in [-0.3, -0.25) is 4.79 Å². The second kappa shape index (κ2) is 5.85. The summed E-state index contributed by atoms with van der Waals surface area (Å²) in [7, 11) is 0. The van der Waals surface area contributed by atoms with E-state index in [9.17, 15) is 23.1 Å². The Bertz CT molecular complexity index is 450. The van der Waals surface area contributed by atoms with Crippen LogP contribution >= 0.6 is 22.6 Å². The number of ether oxygens (including phenoxy) is 1. The van der Waals surface area contributed by atoms with Gasteiger partial charge in [0.05, 0.1) is 5.56 Å². The van der Waals surface area contributed by atoms with Crippen molar-refractivity contribution < 1.29 is 27.8 Å². The molecule has 1 aromatic rings. The molecule has 0 aliphatic heterocycles. The molecule has 18 heavy (non-hydrogen) atoms. The molecule has 8 heteroatoms. The summed E-state index contributed by atoms with van der Waals surface area (Å²) in [4.78, 5) is 11.1. The summed E-state index contributed by atoms with van der Waals surface area (Å²) in [6.45, 7) is 0. The SMILES string of the molecule is NC(=O)c1cc(C(F)(F)F)ccc1C(O)OCI. The molecule has 0 spiro atoms. The number of alkyl halides is 4. The highest BCUT2D eigenvalue weighted by Gasteiger charge is 2.32. The predicted molar refractivity (Wildman–Crippen MR) is 64.9 cm³/mol. The number of rotatable bonds is 4. The van der Waals surface area contributed by atoms with Crippen molar-refractivity contribution in [1.82, 2.24) is 0 Å². The zero-order valence-electron chi connectivity index (χ0n) is 8.87. The maximum Gasteiger partial charge on any atom is 0.416 e. The molecule has 1 rings (SSSR count). The van der Waals surface area contributed by atoms with Crippen LogP contribution in [0, 0.1) is 0 Å². The van der Waals surface area contributed by atoms with Crippen LogP contribution in [-0.2, 0) is 10.9 Å². The molecule has 4 nitrogen and oxygen atoms in total. The molecule has 0 aliphatic rings. The minimum Gasteiger partial charge on any atom is -0.366 e. The van der Waals surface area contributed by atoms with Gasteiger partial charge in [0.1, 0.15) is 4.61 Å². The lowest BCUT2D eigenvalue weighted by atomic mass is 10.0. The Hall–Kier alpha value is -0.870. The lowest BCUT2D eigenvalue weighted by molar-refractivity contribution is -0.137. The minimum absolute atomic E-state index is 0.0906. The van der Waals surface area contributed by atoms with E-state index in [2.05, 4.69) is 0 Å². The molecular weight excluding hydrogens is 366 g/mol. The van der Waals surface area contributed by atoms with E-state index >= 15 is 0 Å². The monoisotopic (exact) mass is 375 g/mol. The van der Waals surface area contributed by atoms with Crippen LogP contribution in [0.3, 0.4) is 0 Å². The summed E-state index contributed by atoms with van der Waals surface area (Å²) in [6, 6.07) is 2.32. The molecule has 0 radical (unpaired) electrons. The molecule has 0 aromatic heterocycles. The van der Waals surface area contributed by atoms with Crippen molar-refractivity contribution in [2.24, 2.45) is 5.73 Å². The van der Waals surface area contributed by atoms with Crippen LogP contribution < -0.4 is 5.73 Å². The van der Waals surface area contributed by atoms with Crippen LogP contribution in [0.1, 0.15) is 27.8 Å². The largest absolute Gasteiger partial charge is 0.416 e. The van der Waals surface area contributed by atoms with Crippen molar-refractivity contribution in [3.8, 4) is 0 Å². The first kappa shape index (κ1) is 15.2. The standard InChI is InChI=1S/C10H9F3INO3/c11-10(12,13)5-1-2-6(9(17)18-4-14)7(3-5)8(15)16/h1-3,9,17H,4H2,(H2,15,16). The van der Waals surface area contributed by atoms with E-state index in [1.165, 1.54) is 0 Å². The molecule has 3 N–H and O–H groups in total. The Balaban J connectivity index is 3.25. The summed E-state index contributed by atoms with van der Waals surface area (Å²) in [6.07, 6.45) is -6.08. The number of amides is 1. The second-order valence-corrected chi connectivity index (χ2v) is 3.91. The van der Waals surface area contributed by atoms with Gasteiger partial charge in [0.2, 0.25) is 5.91 Å². The Morgan fingerprint density at radius 3 is 2.56 bits per heavy atom. The molecule has 1 aromatic carbocycles. The molecule has 1 atom stereocenters. The van der Waals surface area contributed by atoms with Crippen molar-refractivity contribution >= 4 is 28.5 Å². The zero-order chi connectivity index (χ0) is 13.9. The highest BCUT2D eigenvalue weighted by Crippen LogP contribution is 2.32. The van der Waals surface area contributed by atoms with Gasteiger partial charge in [0.25, 0.3) is 0 Å². The summed E-state index contributed by atoms with van der Waals surface area (Å²) >= 11 is 1.80. The fourth-order valence-electron chi connectivity index (χ4n) is 1.31. The summed E-state index contributed by atoms with van der Waals surface area (Å²) in [5.74, 6) is -1.06. The third kappa shape index (κ3) is 3.56. The van der Waals surface area contributed by atoms with Gasteiger partial charge in [0.15, 0.2) is 6.29 Å². The molecule has 100 valence electrons. The predicted octanol–water partition coefficient (Wildman–Crippen LogP) is 2.20. The highest BCUT2D eigenvalue weighted by molar-refractivity contribution is 14.1. The molecule has 1 amide bonds. The van der Waals surface area contributed by atoms with E-state index in [1.54, 1.807) is 22.6 Å². The first-order valence-corrected chi connectivity index (χ1v) is 6.16. The van der Waals surface area contributed by atoms with E-state index in [-0.39, 0.29) is 10.2 Å². The molecule has 0 fully saturated rings. The average molecular weight is 375 g/mol. The smallest absolute Gasteiger partial charge is 0.366 e. The number of carbonyl (C=O) groups excluding carboxylic acids is 1. The van der Waals surface area contributed by atoms with E-state index < -0.39 is 29.5 Å². The van der Waals surface area contributed by atoms with Gasteiger partial charge in [0, 0.05) is 11.1 Å².